The summed E-state index contributed by atoms with van der Waals surface area (Å²) in [5.74, 6) is 0.495. The molecule has 1 saturated carbocycles. The minimum Gasteiger partial charge on any atom is -0.368 e. The van der Waals surface area contributed by atoms with Gasteiger partial charge < -0.3 is 9.88 Å². The van der Waals surface area contributed by atoms with E-state index in [2.05, 4.69) is 30.8 Å². The molecule has 160 valence electrons. The molecule has 0 unspecified atom stereocenters. The Labute approximate surface area is 181 Å². The molecular formula is C24H27N5O2. The molecule has 0 atom stereocenters. The predicted octanol–water partition coefficient (Wildman–Crippen LogP) is 3.11. The summed E-state index contributed by atoms with van der Waals surface area (Å²) in [6.07, 6.45) is 6.42. The third kappa shape index (κ3) is 4.23. The van der Waals surface area contributed by atoms with Crippen LogP contribution in [0.1, 0.15) is 53.7 Å². The Morgan fingerprint density at radius 3 is 2.58 bits per heavy atom. The Morgan fingerprint density at radius 1 is 1.10 bits per heavy atom. The minimum atomic E-state index is 0.0304. The first kappa shape index (κ1) is 19.9. The van der Waals surface area contributed by atoms with Crippen LogP contribution < -0.4 is 10.5 Å². The van der Waals surface area contributed by atoms with Crippen LogP contribution in [0.5, 0.6) is 0 Å². The molecule has 0 bridgehead atoms. The van der Waals surface area contributed by atoms with E-state index in [9.17, 15) is 9.59 Å². The average Bonchev–Trinajstić information content (AvgIpc) is 3.64. The number of carbonyl (C=O) groups excluding carboxylic acids is 1. The van der Waals surface area contributed by atoms with E-state index < -0.39 is 0 Å². The molecule has 0 amide bonds. The number of ketones is 1. The number of fused-ring (bicyclic) bond motifs is 1. The Morgan fingerprint density at radius 2 is 1.90 bits per heavy atom. The number of aromatic amines is 1. The Balaban J connectivity index is 1.22. The van der Waals surface area contributed by atoms with Crippen LogP contribution in [0.3, 0.4) is 0 Å². The van der Waals surface area contributed by atoms with Crippen molar-refractivity contribution >= 4 is 22.5 Å². The van der Waals surface area contributed by atoms with Crippen LogP contribution in [0.15, 0.2) is 41.5 Å². The summed E-state index contributed by atoms with van der Waals surface area (Å²) in [5, 5.41) is 0. The summed E-state index contributed by atoms with van der Waals surface area (Å²) in [6.45, 7) is 6.35. The summed E-state index contributed by atoms with van der Waals surface area (Å²) < 4.78 is 0. The van der Waals surface area contributed by atoms with Gasteiger partial charge in [0.2, 0.25) is 0 Å². The third-order valence-corrected chi connectivity index (χ3v) is 6.29. The van der Waals surface area contributed by atoms with Gasteiger partial charge in [0, 0.05) is 50.9 Å². The van der Waals surface area contributed by atoms with Gasteiger partial charge in [-0.2, -0.15) is 0 Å². The first-order valence-electron chi connectivity index (χ1n) is 11.1. The molecule has 3 aromatic heterocycles. The van der Waals surface area contributed by atoms with E-state index >= 15 is 0 Å². The first-order chi connectivity index (χ1) is 15.1. The second-order valence-electron chi connectivity index (χ2n) is 8.55. The number of piperazine rings is 1. The monoisotopic (exact) mass is 417 g/mol. The number of pyridine rings is 3. The van der Waals surface area contributed by atoms with Gasteiger partial charge in [0.25, 0.3) is 5.56 Å². The highest BCUT2D eigenvalue weighted by Gasteiger charge is 2.26. The van der Waals surface area contributed by atoms with Crippen LogP contribution >= 0.6 is 0 Å². The van der Waals surface area contributed by atoms with Crippen molar-refractivity contribution in [3.63, 3.8) is 0 Å². The molecule has 4 heterocycles. The Bertz CT molecular complexity index is 1160. The van der Waals surface area contributed by atoms with Crippen molar-refractivity contribution in [1.82, 2.24) is 19.9 Å². The second kappa shape index (κ2) is 8.23. The summed E-state index contributed by atoms with van der Waals surface area (Å²) in [4.78, 5) is 40.8. The molecule has 0 radical (unpaired) electrons. The molecule has 2 fully saturated rings. The van der Waals surface area contributed by atoms with Gasteiger partial charge in [-0.15, -0.1) is 0 Å². The lowest BCUT2D eigenvalue weighted by Crippen LogP contribution is -2.46. The molecule has 1 saturated heterocycles. The van der Waals surface area contributed by atoms with E-state index in [1.165, 1.54) is 0 Å². The normalized spacial score (nSPS) is 17.3. The number of nitrogens with one attached hydrogen (secondary N) is 1. The van der Waals surface area contributed by atoms with Gasteiger partial charge in [-0.3, -0.25) is 24.5 Å². The number of carbonyl (C=O) groups is 1. The van der Waals surface area contributed by atoms with Crippen molar-refractivity contribution < 1.29 is 4.79 Å². The van der Waals surface area contributed by atoms with Crippen LogP contribution in [0.25, 0.3) is 11.0 Å². The zero-order valence-electron chi connectivity index (χ0n) is 17.8. The van der Waals surface area contributed by atoms with Crippen LogP contribution in [-0.2, 0) is 6.54 Å². The van der Waals surface area contributed by atoms with Crippen LogP contribution in [0.4, 0.5) is 5.69 Å². The van der Waals surface area contributed by atoms with Crippen molar-refractivity contribution in [2.75, 3.05) is 31.1 Å². The fourth-order valence-electron chi connectivity index (χ4n) is 4.27. The van der Waals surface area contributed by atoms with Crippen LogP contribution in [0, 0.1) is 0 Å². The molecule has 5 rings (SSSR count). The number of aromatic nitrogens is 3. The maximum Gasteiger partial charge on any atom is 0.252 e. The molecule has 7 heteroatoms. The summed E-state index contributed by atoms with van der Waals surface area (Å²) in [7, 11) is 0. The molecule has 31 heavy (non-hydrogen) atoms. The smallest absolute Gasteiger partial charge is 0.252 e. The molecule has 3 aromatic rings. The Kier molecular flexibility index (Phi) is 5.28. The number of H-pyrrole nitrogens is 1. The average molecular weight is 418 g/mol. The SMILES string of the molecule is CCC(=O)c1ccc(N2CCN(Cc3cnc4cc(C5CC5)c(=O)[nH]c4c3)CC2)cn1. The highest BCUT2D eigenvalue weighted by Crippen LogP contribution is 2.38. The van der Waals surface area contributed by atoms with Crippen molar-refractivity contribution in [3.8, 4) is 0 Å². The van der Waals surface area contributed by atoms with Crippen molar-refractivity contribution in [1.29, 1.82) is 0 Å². The topological polar surface area (TPSA) is 82.2 Å². The number of nitrogens with zero attached hydrogens (tertiary/aromatic N) is 4. The summed E-state index contributed by atoms with van der Waals surface area (Å²) in [6, 6.07) is 7.83. The highest BCUT2D eigenvalue weighted by atomic mass is 16.1. The lowest BCUT2D eigenvalue weighted by molar-refractivity contribution is 0.0983. The Hall–Kier alpha value is -3.06. The van der Waals surface area contributed by atoms with E-state index in [1.54, 1.807) is 6.20 Å². The van der Waals surface area contributed by atoms with E-state index in [0.29, 0.717) is 18.0 Å². The van der Waals surface area contributed by atoms with E-state index in [-0.39, 0.29) is 11.3 Å². The van der Waals surface area contributed by atoms with Crippen molar-refractivity contribution in [2.45, 2.75) is 38.6 Å². The number of hydrogen-bond donors (Lipinski definition) is 1. The third-order valence-electron chi connectivity index (χ3n) is 6.29. The van der Waals surface area contributed by atoms with E-state index in [0.717, 1.165) is 73.4 Å². The van der Waals surface area contributed by atoms with Crippen molar-refractivity contribution in [2.24, 2.45) is 0 Å². The number of anilines is 1. The fraction of sp³-hybridized carbons (Fsp3) is 0.417. The lowest BCUT2D eigenvalue weighted by atomic mass is 10.1. The molecule has 7 nitrogen and oxygen atoms in total. The summed E-state index contributed by atoms with van der Waals surface area (Å²) in [5.41, 5.74) is 5.30. The molecule has 1 N–H and O–H groups in total. The first-order valence-corrected chi connectivity index (χ1v) is 11.1. The zero-order chi connectivity index (χ0) is 21.4. The molecule has 0 spiro atoms. The van der Waals surface area contributed by atoms with Crippen LogP contribution in [0.2, 0.25) is 0 Å². The number of hydrogen-bond acceptors (Lipinski definition) is 6. The van der Waals surface area contributed by atoms with Gasteiger partial charge in [0.05, 0.1) is 22.9 Å². The zero-order valence-corrected chi connectivity index (χ0v) is 17.8. The standard InChI is InChI=1S/C24H27N5O2/c1-2-23(30)20-6-5-18(14-26-20)29-9-7-28(8-10-29)15-16-11-22-21(25-13-16)12-19(17-3-4-17)24(31)27-22/h5-6,11-14,17H,2-4,7-10,15H2,1H3,(H,27,31). The lowest BCUT2D eigenvalue weighted by Gasteiger charge is -2.36. The molecule has 1 aliphatic carbocycles. The highest BCUT2D eigenvalue weighted by molar-refractivity contribution is 5.94. The molecular weight excluding hydrogens is 390 g/mol. The van der Waals surface area contributed by atoms with Gasteiger partial charge in [-0.1, -0.05) is 6.92 Å². The fourth-order valence-corrected chi connectivity index (χ4v) is 4.27. The van der Waals surface area contributed by atoms with Gasteiger partial charge in [-0.25, -0.2) is 0 Å². The molecule has 2 aliphatic rings. The van der Waals surface area contributed by atoms with E-state index in [4.69, 9.17) is 0 Å². The largest absolute Gasteiger partial charge is 0.368 e. The second-order valence-corrected chi connectivity index (χ2v) is 8.55. The van der Waals surface area contributed by atoms with Gasteiger partial charge >= 0.3 is 0 Å². The summed E-state index contributed by atoms with van der Waals surface area (Å²) >= 11 is 0. The van der Waals surface area contributed by atoms with E-state index in [1.807, 2.05) is 31.3 Å². The molecule has 0 aromatic carbocycles. The van der Waals surface area contributed by atoms with Gasteiger partial charge in [-0.05, 0) is 48.6 Å². The quantitative estimate of drug-likeness (QED) is 0.621. The van der Waals surface area contributed by atoms with Crippen molar-refractivity contribution in [3.05, 3.63) is 63.8 Å². The van der Waals surface area contributed by atoms with Gasteiger partial charge in [0.15, 0.2) is 5.78 Å². The molecule has 1 aliphatic heterocycles. The maximum absolute atomic E-state index is 12.3. The minimum absolute atomic E-state index is 0.0304. The maximum atomic E-state index is 12.3. The van der Waals surface area contributed by atoms with Crippen LogP contribution in [-0.4, -0.2) is 51.8 Å². The van der Waals surface area contributed by atoms with Gasteiger partial charge in [0.1, 0.15) is 5.69 Å². The number of Topliss-reactive ketones (excluding diaryl/α,β-unsaturated/α-hetero) is 1. The predicted molar refractivity (Wildman–Crippen MR) is 121 cm³/mol. The number of rotatable bonds is 6.